The summed E-state index contributed by atoms with van der Waals surface area (Å²) in [7, 11) is 1.65. The molecule has 1 heterocycles. The van der Waals surface area contributed by atoms with Crippen molar-refractivity contribution in [2.75, 3.05) is 12.4 Å². The van der Waals surface area contributed by atoms with Crippen LogP contribution in [0.5, 0.6) is 5.75 Å². The minimum atomic E-state index is -0.407. The van der Waals surface area contributed by atoms with Gasteiger partial charge >= 0.3 is 0 Å². The van der Waals surface area contributed by atoms with Crippen molar-refractivity contribution in [2.45, 2.75) is 13.0 Å². The van der Waals surface area contributed by atoms with Crippen LogP contribution in [0.3, 0.4) is 0 Å². The number of anilines is 1. The maximum absolute atomic E-state index is 10.8. The van der Waals surface area contributed by atoms with E-state index in [4.69, 9.17) is 4.74 Å². The van der Waals surface area contributed by atoms with Gasteiger partial charge in [0.05, 0.1) is 23.6 Å². The normalized spacial score (nSPS) is 11.9. The van der Waals surface area contributed by atoms with E-state index in [0.29, 0.717) is 11.3 Å². The number of nitro groups is 1. The number of rotatable bonds is 5. The highest BCUT2D eigenvalue weighted by molar-refractivity contribution is 5.82. The highest BCUT2D eigenvalue weighted by Gasteiger charge is 2.12. The lowest BCUT2D eigenvalue weighted by atomic mass is 10.1. The van der Waals surface area contributed by atoms with Gasteiger partial charge in [0.1, 0.15) is 11.6 Å². The Morgan fingerprint density at radius 2 is 1.96 bits per heavy atom. The van der Waals surface area contributed by atoms with Crippen LogP contribution in [0.2, 0.25) is 0 Å². The summed E-state index contributed by atoms with van der Waals surface area (Å²) in [6, 6.07) is 16.1. The number of nitrogens with zero attached hydrogens (tertiary/aromatic N) is 2. The quantitative estimate of drug-likeness (QED) is 0.559. The lowest BCUT2D eigenvalue weighted by Crippen LogP contribution is -2.09. The molecule has 3 aromatic rings. The molecule has 1 unspecified atom stereocenters. The van der Waals surface area contributed by atoms with Gasteiger partial charge in [0.15, 0.2) is 0 Å². The molecule has 0 fully saturated rings. The van der Waals surface area contributed by atoms with Crippen LogP contribution in [0.15, 0.2) is 54.6 Å². The van der Waals surface area contributed by atoms with Gasteiger partial charge in [0.2, 0.25) is 0 Å². The van der Waals surface area contributed by atoms with E-state index in [1.165, 1.54) is 12.1 Å². The summed E-state index contributed by atoms with van der Waals surface area (Å²) in [4.78, 5) is 14.9. The van der Waals surface area contributed by atoms with Crippen molar-refractivity contribution in [1.82, 2.24) is 4.98 Å². The third-order valence-electron chi connectivity index (χ3n) is 3.85. The molecule has 1 aromatic heterocycles. The van der Waals surface area contributed by atoms with Gasteiger partial charge in [-0.25, -0.2) is 4.98 Å². The molecule has 1 atom stereocenters. The molecule has 0 radical (unpaired) electrons. The van der Waals surface area contributed by atoms with Crippen molar-refractivity contribution in [1.29, 1.82) is 0 Å². The molecule has 2 aromatic carbocycles. The number of hydrogen-bond acceptors (Lipinski definition) is 5. The van der Waals surface area contributed by atoms with Gasteiger partial charge in [-0.2, -0.15) is 0 Å². The predicted octanol–water partition coefficient (Wildman–Crippen LogP) is 4.32. The SMILES string of the molecule is COc1ccccc1C(C)Nc1ccc2cc([N+](=O)[O-])ccc2n1. The topological polar surface area (TPSA) is 77.3 Å². The van der Waals surface area contributed by atoms with Gasteiger partial charge in [-0.05, 0) is 31.2 Å². The number of benzene rings is 2. The number of aromatic nitrogens is 1. The van der Waals surface area contributed by atoms with Gasteiger partial charge < -0.3 is 10.1 Å². The number of pyridine rings is 1. The Balaban J connectivity index is 1.87. The van der Waals surface area contributed by atoms with Crippen molar-refractivity contribution in [2.24, 2.45) is 0 Å². The molecule has 6 heteroatoms. The van der Waals surface area contributed by atoms with Gasteiger partial charge in [-0.15, -0.1) is 0 Å². The molecule has 0 saturated heterocycles. The summed E-state index contributed by atoms with van der Waals surface area (Å²) < 4.78 is 5.39. The molecular formula is C18H17N3O3. The van der Waals surface area contributed by atoms with Crippen molar-refractivity contribution in [3.8, 4) is 5.75 Å². The average Bonchev–Trinajstić information content (AvgIpc) is 2.61. The molecule has 0 amide bonds. The van der Waals surface area contributed by atoms with E-state index in [0.717, 1.165) is 16.7 Å². The minimum absolute atomic E-state index is 0.00384. The fourth-order valence-electron chi connectivity index (χ4n) is 2.63. The fraction of sp³-hybridized carbons (Fsp3) is 0.167. The van der Waals surface area contributed by atoms with E-state index in [1.54, 1.807) is 13.2 Å². The first-order valence-electron chi connectivity index (χ1n) is 7.53. The largest absolute Gasteiger partial charge is 0.496 e. The number of non-ortho nitro benzene ring substituents is 1. The van der Waals surface area contributed by atoms with E-state index < -0.39 is 4.92 Å². The number of para-hydroxylation sites is 1. The fourth-order valence-corrected chi connectivity index (χ4v) is 2.63. The second kappa shape index (κ2) is 6.54. The Labute approximate surface area is 139 Å². The summed E-state index contributed by atoms with van der Waals surface area (Å²) >= 11 is 0. The molecule has 122 valence electrons. The monoisotopic (exact) mass is 323 g/mol. The summed E-state index contributed by atoms with van der Waals surface area (Å²) in [6.07, 6.45) is 0. The van der Waals surface area contributed by atoms with Crippen LogP contribution in [0.25, 0.3) is 10.9 Å². The molecule has 24 heavy (non-hydrogen) atoms. The smallest absolute Gasteiger partial charge is 0.270 e. The first-order valence-corrected chi connectivity index (χ1v) is 7.53. The Hall–Kier alpha value is -3.15. The van der Waals surface area contributed by atoms with Gasteiger partial charge in [0.25, 0.3) is 5.69 Å². The summed E-state index contributed by atoms with van der Waals surface area (Å²) in [5.41, 5.74) is 1.80. The average molecular weight is 323 g/mol. The zero-order valence-corrected chi connectivity index (χ0v) is 13.4. The van der Waals surface area contributed by atoms with E-state index in [-0.39, 0.29) is 11.7 Å². The van der Waals surface area contributed by atoms with Crippen LogP contribution >= 0.6 is 0 Å². The van der Waals surface area contributed by atoms with E-state index in [1.807, 2.05) is 43.3 Å². The van der Waals surface area contributed by atoms with Crippen LogP contribution in [-0.4, -0.2) is 17.0 Å². The van der Waals surface area contributed by atoms with Crippen molar-refractivity contribution in [3.63, 3.8) is 0 Å². The number of ether oxygens (including phenoxy) is 1. The van der Waals surface area contributed by atoms with Gasteiger partial charge in [0, 0.05) is 23.1 Å². The Bertz CT molecular complexity index is 896. The standard InChI is InChI=1S/C18H17N3O3/c1-12(15-5-3-4-6-17(15)24-2)19-18-10-7-13-11-14(21(22)23)8-9-16(13)20-18/h3-12H,1-2H3,(H,19,20). The van der Waals surface area contributed by atoms with E-state index in [2.05, 4.69) is 10.3 Å². The summed E-state index contributed by atoms with van der Waals surface area (Å²) in [6.45, 7) is 2.03. The molecule has 0 spiro atoms. The molecule has 0 bridgehead atoms. The van der Waals surface area contributed by atoms with Crippen molar-refractivity contribution >= 4 is 22.4 Å². The Kier molecular flexibility index (Phi) is 4.29. The number of methoxy groups -OCH3 is 1. The first-order chi connectivity index (χ1) is 11.6. The van der Waals surface area contributed by atoms with Crippen LogP contribution in [-0.2, 0) is 0 Å². The third kappa shape index (κ3) is 3.12. The Morgan fingerprint density at radius 3 is 2.71 bits per heavy atom. The molecule has 0 aliphatic heterocycles. The second-order valence-electron chi connectivity index (χ2n) is 5.44. The summed E-state index contributed by atoms with van der Waals surface area (Å²) in [5, 5.41) is 14.9. The molecular weight excluding hydrogens is 306 g/mol. The van der Waals surface area contributed by atoms with Crippen LogP contribution in [0.1, 0.15) is 18.5 Å². The first kappa shape index (κ1) is 15.7. The number of nitro benzene ring substituents is 1. The number of hydrogen-bond donors (Lipinski definition) is 1. The van der Waals surface area contributed by atoms with Crippen LogP contribution in [0, 0.1) is 10.1 Å². The molecule has 0 saturated carbocycles. The molecule has 0 aliphatic carbocycles. The maximum Gasteiger partial charge on any atom is 0.270 e. The Morgan fingerprint density at radius 1 is 1.17 bits per heavy atom. The zero-order valence-electron chi connectivity index (χ0n) is 13.4. The lowest BCUT2D eigenvalue weighted by molar-refractivity contribution is -0.384. The van der Waals surface area contributed by atoms with Crippen LogP contribution in [0.4, 0.5) is 11.5 Å². The lowest BCUT2D eigenvalue weighted by Gasteiger charge is -2.18. The van der Waals surface area contributed by atoms with Gasteiger partial charge in [-0.3, -0.25) is 10.1 Å². The van der Waals surface area contributed by atoms with Crippen molar-refractivity contribution in [3.05, 3.63) is 70.3 Å². The number of nitrogens with one attached hydrogen (secondary N) is 1. The van der Waals surface area contributed by atoms with Gasteiger partial charge in [-0.1, -0.05) is 18.2 Å². The molecule has 0 aliphatic rings. The highest BCUT2D eigenvalue weighted by Crippen LogP contribution is 2.28. The number of fused-ring (bicyclic) bond motifs is 1. The molecule has 1 N–H and O–H groups in total. The van der Waals surface area contributed by atoms with E-state index >= 15 is 0 Å². The second-order valence-corrected chi connectivity index (χ2v) is 5.44. The molecule has 6 nitrogen and oxygen atoms in total. The predicted molar refractivity (Wildman–Crippen MR) is 93.4 cm³/mol. The highest BCUT2D eigenvalue weighted by atomic mass is 16.6. The maximum atomic E-state index is 10.8. The molecule has 3 rings (SSSR count). The van der Waals surface area contributed by atoms with Crippen molar-refractivity contribution < 1.29 is 9.66 Å². The summed E-state index contributed by atoms with van der Waals surface area (Å²) in [5.74, 6) is 1.52. The third-order valence-corrected chi connectivity index (χ3v) is 3.85. The minimum Gasteiger partial charge on any atom is -0.496 e. The van der Waals surface area contributed by atoms with E-state index in [9.17, 15) is 10.1 Å². The zero-order chi connectivity index (χ0) is 17.1. The van der Waals surface area contributed by atoms with Crippen LogP contribution < -0.4 is 10.1 Å².